The van der Waals surface area contributed by atoms with Gasteiger partial charge >= 0.3 is 0 Å². The highest BCUT2D eigenvalue weighted by atomic mass is 32.2. The number of rotatable bonds is 4. The molecule has 6 heteroatoms. The Balaban J connectivity index is 2.23. The molecule has 0 unspecified atom stereocenters. The van der Waals surface area contributed by atoms with Crippen LogP contribution in [-0.2, 0) is 15.8 Å². The van der Waals surface area contributed by atoms with E-state index in [1.54, 1.807) is 37.3 Å². The van der Waals surface area contributed by atoms with Gasteiger partial charge in [-0.1, -0.05) is 18.2 Å². The largest absolute Gasteiger partial charge is 0.508 e. The van der Waals surface area contributed by atoms with Crippen LogP contribution in [0.2, 0.25) is 0 Å². The van der Waals surface area contributed by atoms with E-state index in [2.05, 4.69) is 4.72 Å². The van der Waals surface area contributed by atoms with Gasteiger partial charge in [0.25, 0.3) is 0 Å². The third-order valence-electron chi connectivity index (χ3n) is 2.95. The van der Waals surface area contributed by atoms with Gasteiger partial charge in [0.05, 0.1) is 17.4 Å². The van der Waals surface area contributed by atoms with Crippen LogP contribution in [0.5, 0.6) is 5.75 Å². The molecule has 0 aliphatic heterocycles. The minimum Gasteiger partial charge on any atom is -0.508 e. The number of aryl methyl sites for hydroxylation is 1. The summed E-state index contributed by atoms with van der Waals surface area (Å²) >= 11 is 0. The normalized spacial score (nSPS) is 10.9. The zero-order valence-electron chi connectivity index (χ0n) is 11.4. The summed E-state index contributed by atoms with van der Waals surface area (Å²) in [5.74, 6) is -0.177. The molecule has 0 aliphatic rings. The molecule has 0 fully saturated rings. The predicted octanol–water partition coefficient (Wildman–Crippen LogP) is 2.51. The lowest BCUT2D eigenvalue weighted by Crippen LogP contribution is -2.15. The van der Waals surface area contributed by atoms with Gasteiger partial charge in [0.15, 0.2) is 0 Å². The van der Waals surface area contributed by atoms with Crippen molar-refractivity contribution in [3.63, 3.8) is 0 Å². The fourth-order valence-electron chi connectivity index (χ4n) is 1.89. The molecule has 108 valence electrons. The summed E-state index contributed by atoms with van der Waals surface area (Å²) in [5.41, 5.74) is 1.74. The Morgan fingerprint density at radius 2 is 1.95 bits per heavy atom. The fraction of sp³-hybridized carbons (Fsp3) is 0.133. The first-order valence-corrected chi connectivity index (χ1v) is 7.84. The predicted molar refractivity (Wildman–Crippen MR) is 80.2 cm³/mol. The van der Waals surface area contributed by atoms with Gasteiger partial charge in [-0.2, -0.15) is 5.26 Å². The molecule has 0 atom stereocenters. The zero-order valence-corrected chi connectivity index (χ0v) is 12.2. The van der Waals surface area contributed by atoms with Gasteiger partial charge in [0.1, 0.15) is 5.75 Å². The minimum absolute atomic E-state index is 0.104. The summed E-state index contributed by atoms with van der Waals surface area (Å²) in [4.78, 5) is 0. The summed E-state index contributed by atoms with van der Waals surface area (Å²) < 4.78 is 26.7. The van der Waals surface area contributed by atoms with E-state index >= 15 is 0 Å². The maximum atomic E-state index is 12.2. The lowest BCUT2D eigenvalue weighted by atomic mass is 10.1. The molecule has 0 bridgehead atoms. The Kier molecular flexibility index (Phi) is 4.15. The first kappa shape index (κ1) is 14.9. The van der Waals surface area contributed by atoms with Crippen LogP contribution in [0.1, 0.15) is 16.7 Å². The van der Waals surface area contributed by atoms with E-state index in [4.69, 9.17) is 5.26 Å². The van der Waals surface area contributed by atoms with Crippen LogP contribution in [0.4, 0.5) is 5.69 Å². The quantitative estimate of drug-likeness (QED) is 0.849. The van der Waals surface area contributed by atoms with Crippen molar-refractivity contribution >= 4 is 15.7 Å². The third-order valence-corrected chi connectivity index (χ3v) is 4.19. The van der Waals surface area contributed by atoms with Gasteiger partial charge in [0.2, 0.25) is 10.0 Å². The van der Waals surface area contributed by atoms with Crippen molar-refractivity contribution in [2.24, 2.45) is 0 Å². The molecule has 5 nitrogen and oxygen atoms in total. The number of phenols is 1. The number of anilines is 1. The number of phenolic OH excluding ortho intramolecular Hbond substituents is 1. The highest BCUT2D eigenvalue weighted by Gasteiger charge is 2.14. The molecular formula is C15H14N2O3S. The van der Waals surface area contributed by atoms with Gasteiger partial charge in [-0.25, -0.2) is 8.42 Å². The molecule has 0 spiro atoms. The summed E-state index contributed by atoms with van der Waals surface area (Å²) in [7, 11) is -3.63. The Morgan fingerprint density at radius 1 is 1.24 bits per heavy atom. The van der Waals surface area contributed by atoms with Crippen molar-refractivity contribution in [2.45, 2.75) is 12.7 Å². The van der Waals surface area contributed by atoms with Crippen LogP contribution in [-0.4, -0.2) is 13.5 Å². The van der Waals surface area contributed by atoms with E-state index in [0.29, 0.717) is 22.4 Å². The fourth-order valence-corrected chi connectivity index (χ4v) is 3.11. The van der Waals surface area contributed by atoms with Crippen LogP contribution < -0.4 is 4.72 Å². The Labute approximate surface area is 123 Å². The van der Waals surface area contributed by atoms with Crippen molar-refractivity contribution in [3.05, 3.63) is 59.2 Å². The molecule has 2 aromatic rings. The maximum Gasteiger partial charge on any atom is 0.236 e. The molecule has 0 heterocycles. The molecule has 0 aliphatic carbocycles. The number of aromatic hydroxyl groups is 1. The van der Waals surface area contributed by atoms with Crippen molar-refractivity contribution in [1.82, 2.24) is 0 Å². The van der Waals surface area contributed by atoms with Gasteiger partial charge in [-0.05, 0) is 42.3 Å². The number of nitriles is 1. The minimum atomic E-state index is -3.63. The second-order valence-electron chi connectivity index (χ2n) is 4.63. The zero-order chi connectivity index (χ0) is 15.5. The molecular weight excluding hydrogens is 288 g/mol. The van der Waals surface area contributed by atoms with Crippen LogP contribution in [0.15, 0.2) is 42.5 Å². The number of sulfonamides is 1. The number of nitrogens with one attached hydrogen (secondary N) is 1. The highest BCUT2D eigenvalue weighted by Crippen LogP contribution is 2.22. The number of nitrogens with zero attached hydrogens (tertiary/aromatic N) is 1. The van der Waals surface area contributed by atoms with Crippen molar-refractivity contribution < 1.29 is 13.5 Å². The van der Waals surface area contributed by atoms with E-state index in [1.807, 2.05) is 6.07 Å². The van der Waals surface area contributed by atoms with E-state index < -0.39 is 10.0 Å². The van der Waals surface area contributed by atoms with Crippen LogP contribution in [0.25, 0.3) is 0 Å². The summed E-state index contributed by atoms with van der Waals surface area (Å²) in [6.45, 7) is 1.68. The molecule has 0 aromatic heterocycles. The molecule has 0 amide bonds. The first-order valence-electron chi connectivity index (χ1n) is 6.19. The average molecular weight is 302 g/mol. The Bertz CT molecular complexity index is 808. The highest BCUT2D eigenvalue weighted by molar-refractivity contribution is 7.91. The summed E-state index contributed by atoms with van der Waals surface area (Å²) in [6.07, 6.45) is 0. The molecule has 0 saturated heterocycles. The third kappa shape index (κ3) is 3.74. The Hall–Kier alpha value is -2.52. The molecule has 21 heavy (non-hydrogen) atoms. The lowest BCUT2D eigenvalue weighted by molar-refractivity contribution is 0.471. The van der Waals surface area contributed by atoms with Crippen LogP contribution in [0, 0.1) is 18.3 Å². The smallest absolute Gasteiger partial charge is 0.236 e. The molecule has 2 N–H and O–H groups in total. The Morgan fingerprint density at radius 3 is 2.62 bits per heavy atom. The summed E-state index contributed by atoms with van der Waals surface area (Å²) in [6, 6.07) is 13.0. The SMILES string of the molecule is Cc1cc(NS(=O)(=O)Cc2ccccc2C#N)ccc1O. The second-order valence-corrected chi connectivity index (χ2v) is 6.35. The number of hydrogen-bond acceptors (Lipinski definition) is 4. The molecule has 2 rings (SSSR count). The van der Waals surface area contributed by atoms with Gasteiger partial charge < -0.3 is 5.11 Å². The van der Waals surface area contributed by atoms with Crippen molar-refractivity contribution in [2.75, 3.05) is 4.72 Å². The van der Waals surface area contributed by atoms with Gasteiger partial charge in [-0.3, -0.25) is 4.72 Å². The molecule has 0 saturated carbocycles. The topological polar surface area (TPSA) is 90.2 Å². The van der Waals surface area contributed by atoms with Crippen LogP contribution in [0.3, 0.4) is 0 Å². The van der Waals surface area contributed by atoms with Gasteiger partial charge in [-0.15, -0.1) is 0 Å². The first-order chi connectivity index (χ1) is 9.91. The van der Waals surface area contributed by atoms with Crippen molar-refractivity contribution in [1.29, 1.82) is 5.26 Å². The molecule has 2 aromatic carbocycles. The maximum absolute atomic E-state index is 12.2. The summed E-state index contributed by atoms with van der Waals surface area (Å²) in [5, 5.41) is 18.4. The average Bonchev–Trinajstić information content (AvgIpc) is 2.43. The van der Waals surface area contributed by atoms with E-state index in [9.17, 15) is 13.5 Å². The second kappa shape index (κ2) is 5.85. The van der Waals surface area contributed by atoms with E-state index in [-0.39, 0.29) is 11.5 Å². The lowest BCUT2D eigenvalue weighted by Gasteiger charge is -2.10. The van der Waals surface area contributed by atoms with E-state index in [1.165, 1.54) is 12.1 Å². The van der Waals surface area contributed by atoms with Gasteiger partial charge in [0, 0.05) is 5.69 Å². The number of benzene rings is 2. The molecule has 0 radical (unpaired) electrons. The van der Waals surface area contributed by atoms with Crippen LogP contribution >= 0.6 is 0 Å². The standard InChI is InChI=1S/C15H14N2O3S/c1-11-8-14(6-7-15(11)18)17-21(19,20)10-13-5-3-2-4-12(13)9-16/h2-8,17-18H,10H2,1H3. The van der Waals surface area contributed by atoms with E-state index in [0.717, 1.165) is 0 Å². The monoisotopic (exact) mass is 302 g/mol. The van der Waals surface area contributed by atoms with Crippen molar-refractivity contribution in [3.8, 4) is 11.8 Å². The number of hydrogen-bond donors (Lipinski definition) is 2.